The predicted molar refractivity (Wildman–Crippen MR) is 226 cm³/mol. The van der Waals surface area contributed by atoms with E-state index in [1.165, 1.54) is 113 Å². The van der Waals surface area contributed by atoms with Crippen molar-refractivity contribution in [2.75, 3.05) is 4.90 Å². The van der Waals surface area contributed by atoms with E-state index in [1.54, 1.807) is 11.1 Å². The van der Waals surface area contributed by atoms with Crippen molar-refractivity contribution in [2.24, 2.45) is 23.7 Å². The molecule has 4 saturated carbocycles. The first kappa shape index (κ1) is 32.5. The van der Waals surface area contributed by atoms with Gasteiger partial charge in [-0.25, -0.2) is 0 Å². The van der Waals surface area contributed by atoms with Gasteiger partial charge in [0.1, 0.15) is 0 Å². The number of nitrogens with zero attached hydrogens (tertiary/aromatic N) is 1. The monoisotopic (exact) mass is 701 g/mol. The van der Waals surface area contributed by atoms with Crippen LogP contribution in [0.2, 0.25) is 0 Å². The normalized spacial score (nSPS) is 25.5. The molecular weight excluding hydrogens is 651 g/mol. The average molecular weight is 702 g/mol. The van der Waals surface area contributed by atoms with E-state index in [4.69, 9.17) is 0 Å². The summed E-state index contributed by atoms with van der Waals surface area (Å²) >= 11 is 0. The van der Waals surface area contributed by atoms with Gasteiger partial charge in [-0.1, -0.05) is 130 Å². The second-order valence-electron chi connectivity index (χ2n) is 18.1. The summed E-state index contributed by atoms with van der Waals surface area (Å²) < 4.78 is 0. The standard InChI is InChI=1S/C53H51N/c1-53(2)50-11-7-6-10-46(50)52-49(40-18-16-37(17-19-40)36-8-4-3-5-9-36)32-45(33-51(52)53)54(43-24-20-38(21-25-43)47-30-34-12-14-41(47)28-34)44-26-22-39(23-27-44)48-31-35-13-15-42(48)29-35/h3-11,16-27,32-35,41-42,47-48H,12-15,28-31H2,1-2H3. The summed E-state index contributed by atoms with van der Waals surface area (Å²) in [5.74, 6) is 5.13. The highest BCUT2D eigenvalue weighted by Crippen LogP contribution is 2.56. The van der Waals surface area contributed by atoms with Gasteiger partial charge >= 0.3 is 0 Å². The van der Waals surface area contributed by atoms with Crippen molar-refractivity contribution in [3.05, 3.63) is 162 Å². The van der Waals surface area contributed by atoms with Gasteiger partial charge in [-0.15, -0.1) is 0 Å². The van der Waals surface area contributed by atoms with Crippen molar-refractivity contribution in [1.29, 1.82) is 0 Å². The molecule has 4 bridgehead atoms. The zero-order valence-corrected chi connectivity index (χ0v) is 31.8. The largest absolute Gasteiger partial charge is 0.310 e. The van der Waals surface area contributed by atoms with E-state index in [1.807, 2.05) is 0 Å². The van der Waals surface area contributed by atoms with Gasteiger partial charge in [-0.3, -0.25) is 0 Å². The summed E-state index contributed by atoms with van der Waals surface area (Å²) in [6.45, 7) is 4.84. The third-order valence-electron chi connectivity index (χ3n) is 14.9. The lowest BCUT2D eigenvalue weighted by Crippen LogP contribution is -2.17. The minimum atomic E-state index is -0.121. The smallest absolute Gasteiger partial charge is 0.0471 e. The first-order valence-electron chi connectivity index (χ1n) is 20.9. The number of hydrogen-bond donors (Lipinski definition) is 0. The van der Waals surface area contributed by atoms with Gasteiger partial charge < -0.3 is 4.90 Å². The van der Waals surface area contributed by atoms with Crippen molar-refractivity contribution in [1.82, 2.24) is 0 Å². The van der Waals surface area contributed by atoms with Crippen LogP contribution in [0.15, 0.2) is 140 Å². The Hall–Kier alpha value is -4.88. The molecule has 6 atom stereocenters. The van der Waals surface area contributed by atoms with Crippen LogP contribution in [0.25, 0.3) is 33.4 Å². The third-order valence-corrected chi connectivity index (χ3v) is 14.9. The van der Waals surface area contributed by atoms with Gasteiger partial charge in [0.25, 0.3) is 0 Å². The third kappa shape index (κ3) is 5.25. The van der Waals surface area contributed by atoms with Gasteiger partial charge in [-0.2, -0.15) is 0 Å². The highest BCUT2D eigenvalue weighted by molar-refractivity contribution is 5.96. The first-order chi connectivity index (χ1) is 26.5. The molecule has 0 spiro atoms. The van der Waals surface area contributed by atoms with Gasteiger partial charge in [0.2, 0.25) is 0 Å². The Bertz CT molecular complexity index is 2260. The summed E-state index contributed by atoms with van der Waals surface area (Å²) in [5, 5.41) is 0. The molecule has 1 nitrogen and oxygen atoms in total. The summed E-state index contributed by atoms with van der Waals surface area (Å²) in [6.07, 6.45) is 11.4. The number of benzene rings is 6. The molecule has 1 heteroatoms. The fourth-order valence-corrected chi connectivity index (χ4v) is 12.1. The van der Waals surface area contributed by atoms with Crippen LogP contribution >= 0.6 is 0 Å². The van der Waals surface area contributed by atoms with Crippen LogP contribution in [0.5, 0.6) is 0 Å². The molecule has 5 aliphatic rings. The maximum Gasteiger partial charge on any atom is 0.0471 e. The van der Waals surface area contributed by atoms with Crippen LogP contribution in [0, 0.1) is 23.7 Å². The molecule has 0 aliphatic heterocycles. The molecule has 0 heterocycles. The fraction of sp³-hybridized carbons (Fsp3) is 0.321. The summed E-state index contributed by atoms with van der Waals surface area (Å²) in [6, 6.07) is 53.7. The van der Waals surface area contributed by atoms with Crippen molar-refractivity contribution >= 4 is 17.1 Å². The quantitative estimate of drug-likeness (QED) is 0.160. The minimum absolute atomic E-state index is 0.121. The minimum Gasteiger partial charge on any atom is -0.310 e. The topological polar surface area (TPSA) is 3.24 Å². The maximum absolute atomic E-state index is 2.55. The zero-order chi connectivity index (χ0) is 36.0. The van der Waals surface area contributed by atoms with Crippen molar-refractivity contribution < 1.29 is 0 Å². The molecule has 4 fully saturated rings. The molecule has 5 aliphatic carbocycles. The Kier molecular flexibility index (Phi) is 7.59. The van der Waals surface area contributed by atoms with Crippen molar-refractivity contribution in [2.45, 2.75) is 82.5 Å². The fourth-order valence-electron chi connectivity index (χ4n) is 12.1. The highest BCUT2D eigenvalue weighted by Gasteiger charge is 2.42. The number of hydrogen-bond acceptors (Lipinski definition) is 1. The van der Waals surface area contributed by atoms with Crippen LogP contribution in [0.4, 0.5) is 17.1 Å². The molecular formula is C53H51N. The molecule has 0 amide bonds. The molecule has 0 radical (unpaired) electrons. The molecule has 0 saturated heterocycles. The molecule has 6 unspecified atom stereocenters. The molecule has 54 heavy (non-hydrogen) atoms. The molecule has 11 rings (SSSR count). The summed E-state index contributed by atoms with van der Waals surface area (Å²) in [7, 11) is 0. The second kappa shape index (κ2) is 12.6. The molecule has 268 valence electrons. The van der Waals surface area contributed by atoms with Crippen LogP contribution in [-0.4, -0.2) is 0 Å². The van der Waals surface area contributed by atoms with E-state index in [0.29, 0.717) is 0 Å². The van der Waals surface area contributed by atoms with Gasteiger partial charge in [0.05, 0.1) is 0 Å². The Labute approximate surface area is 322 Å². The van der Waals surface area contributed by atoms with E-state index in [-0.39, 0.29) is 5.41 Å². The van der Waals surface area contributed by atoms with Gasteiger partial charge in [-0.05, 0) is 166 Å². The zero-order valence-electron chi connectivity index (χ0n) is 31.8. The van der Waals surface area contributed by atoms with Crippen LogP contribution in [0.3, 0.4) is 0 Å². The number of rotatable bonds is 7. The lowest BCUT2D eigenvalue weighted by atomic mass is 9.81. The highest BCUT2D eigenvalue weighted by atomic mass is 15.1. The Morgan fingerprint density at radius 2 is 0.981 bits per heavy atom. The van der Waals surface area contributed by atoms with E-state index < -0.39 is 0 Å². The SMILES string of the molecule is CC1(C)c2ccccc2-c2c(-c3ccc(-c4ccccc4)cc3)cc(N(c3ccc(C4CC5CCC4C5)cc3)c3ccc(C4CC5CCC4C5)cc3)cc21. The second-order valence-corrected chi connectivity index (χ2v) is 18.1. The predicted octanol–water partition coefficient (Wildman–Crippen LogP) is 14.6. The van der Waals surface area contributed by atoms with Crippen molar-refractivity contribution in [3.8, 4) is 33.4 Å². The summed E-state index contributed by atoms with van der Waals surface area (Å²) in [4.78, 5) is 2.55. The van der Waals surface area contributed by atoms with Crippen molar-refractivity contribution in [3.63, 3.8) is 0 Å². The maximum atomic E-state index is 2.55. The average Bonchev–Trinajstić information content (AvgIpc) is 4.08. The van der Waals surface area contributed by atoms with E-state index >= 15 is 0 Å². The molecule has 6 aromatic carbocycles. The Morgan fingerprint density at radius 3 is 1.54 bits per heavy atom. The Morgan fingerprint density at radius 1 is 0.444 bits per heavy atom. The number of fused-ring (bicyclic) bond motifs is 7. The van der Waals surface area contributed by atoms with E-state index in [0.717, 1.165) is 35.5 Å². The van der Waals surface area contributed by atoms with Crippen LogP contribution in [-0.2, 0) is 5.41 Å². The van der Waals surface area contributed by atoms with Gasteiger partial charge in [0.15, 0.2) is 0 Å². The van der Waals surface area contributed by atoms with E-state index in [2.05, 4.69) is 158 Å². The summed E-state index contributed by atoms with van der Waals surface area (Å²) in [5.41, 5.74) is 17.3. The van der Waals surface area contributed by atoms with E-state index in [9.17, 15) is 0 Å². The lowest BCUT2D eigenvalue weighted by Gasteiger charge is -2.30. The first-order valence-corrected chi connectivity index (χ1v) is 20.9. The Balaban J connectivity index is 1.06. The van der Waals surface area contributed by atoms with Gasteiger partial charge in [0, 0.05) is 22.5 Å². The number of anilines is 3. The molecule has 0 N–H and O–H groups in total. The molecule has 0 aromatic heterocycles. The van der Waals surface area contributed by atoms with Crippen LogP contribution in [0.1, 0.15) is 99.3 Å². The van der Waals surface area contributed by atoms with Crippen LogP contribution < -0.4 is 4.90 Å². The lowest BCUT2D eigenvalue weighted by molar-refractivity contribution is 0.420. The molecule has 6 aromatic rings.